The first-order chi connectivity index (χ1) is 9.65. The number of hydrogen-bond acceptors (Lipinski definition) is 3. The van der Waals surface area contributed by atoms with Gasteiger partial charge >= 0.3 is 5.97 Å². The van der Waals surface area contributed by atoms with Crippen LogP contribution in [0.15, 0.2) is 0 Å². The molecule has 0 aromatic heterocycles. The minimum absolute atomic E-state index is 0.0440. The van der Waals surface area contributed by atoms with E-state index < -0.39 is 5.97 Å². The molecule has 0 spiro atoms. The van der Waals surface area contributed by atoms with Gasteiger partial charge in [0, 0.05) is 12.5 Å². The Kier molecular flexibility index (Phi) is 3.96. The normalized spacial score (nSPS) is 39.7. The van der Waals surface area contributed by atoms with Crippen LogP contribution >= 0.6 is 0 Å². The summed E-state index contributed by atoms with van der Waals surface area (Å²) in [6.07, 6.45) is 5.83. The summed E-state index contributed by atoms with van der Waals surface area (Å²) in [5.74, 6) is 0.0193. The second kappa shape index (κ2) is 5.72. The van der Waals surface area contributed by atoms with Crippen LogP contribution in [-0.2, 0) is 9.59 Å². The molecular formula is C15H24N2O3. The van der Waals surface area contributed by atoms with Crippen LogP contribution in [0.25, 0.3) is 0 Å². The molecule has 3 N–H and O–H groups in total. The largest absolute Gasteiger partial charge is 0.481 e. The second-order valence-electron chi connectivity index (χ2n) is 6.71. The van der Waals surface area contributed by atoms with Gasteiger partial charge in [-0.05, 0) is 62.9 Å². The quantitative estimate of drug-likeness (QED) is 0.717. The summed E-state index contributed by atoms with van der Waals surface area (Å²) in [5, 5.41) is 15.7. The van der Waals surface area contributed by atoms with Gasteiger partial charge in [-0.3, -0.25) is 9.59 Å². The highest BCUT2D eigenvalue weighted by Gasteiger charge is 2.51. The predicted molar refractivity (Wildman–Crippen MR) is 74.1 cm³/mol. The van der Waals surface area contributed by atoms with Crippen molar-refractivity contribution in [2.75, 3.05) is 13.1 Å². The number of carboxylic acids is 1. The molecule has 5 unspecified atom stereocenters. The van der Waals surface area contributed by atoms with Crippen LogP contribution in [0, 0.1) is 23.7 Å². The maximum Gasteiger partial charge on any atom is 0.308 e. The Hall–Kier alpha value is -1.10. The second-order valence-corrected chi connectivity index (χ2v) is 6.71. The first-order valence-electron chi connectivity index (χ1n) is 7.88. The number of carbonyl (C=O) groups is 2. The third-order valence-corrected chi connectivity index (χ3v) is 5.40. The first-order valence-corrected chi connectivity index (χ1v) is 7.88. The molecule has 0 aromatic rings. The molecule has 0 radical (unpaired) electrons. The zero-order chi connectivity index (χ0) is 14.1. The summed E-state index contributed by atoms with van der Waals surface area (Å²) >= 11 is 0. The molecule has 2 saturated carbocycles. The van der Waals surface area contributed by atoms with E-state index in [2.05, 4.69) is 10.6 Å². The van der Waals surface area contributed by atoms with Crippen molar-refractivity contribution >= 4 is 11.9 Å². The van der Waals surface area contributed by atoms with Crippen molar-refractivity contribution in [2.24, 2.45) is 23.7 Å². The van der Waals surface area contributed by atoms with Crippen LogP contribution in [0.4, 0.5) is 0 Å². The molecule has 5 atom stereocenters. The lowest BCUT2D eigenvalue weighted by Gasteiger charge is -2.30. The zero-order valence-electron chi connectivity index (χ0n) is 11.8. The highest BCUT2D eigenvalue weighted by molar-refractivity contribution is 5.79. The van der Waals surface area contributed by atoms with E-state index >= 15 is 0 Å². The lowest BCUT2D eigenvalue weighted by Crippen LogP contribution is -2.47. The Labute approximate surface area is 119 Å². The van der Waals surface area contributed by atoms with Crippen LogP contribution in [0.1, 0.15) is 38.5 Å². The smallest absolute Gasteiger partial charge is 0.308 e. The molecule has 20 heavy (non-hydrogen) atoms. The van der Waals surface area contributed by atoms with E-state index in [1.54, 1.807) is 0 Å². The van der Waals surface area contributed by atoms with Crippen molar-refractivity contribution in [1.82, 2.24) is 10.6 Å². The molecule has 5 nitrogen and oxygen atoms in total. The molecule has 1 amide bonds. The van der Waals surface area contributed by atoms with Gasteiger partial charge < -0.3 is 15.7 Å². The molecule has 2 bridgehead atoms. The predicted octanol–water partition coefficient (Wildman–Crippen LogP) is 0.992. The number of rotatable bonds is 4. The summed E-state index contributed by atoms with van der Waals surface area (Å²) < 4.78 is 0. The molecule has 1 aliphatic heterocycles. The van der Waals surface area contributed by atoms with Gasteiger partial charge in [-0.15, -0.1) is 0 Å². The number of nitrogens with one attached hydrogen (secondary N) is 2. The standard InChI is InChI=1S/C15H24N2O3/c18-12(6-9-2-1-5-16-8-9)17-14-11-4-3-10(7-11)13(14)15(19)20/h9-11,13-14,16H,1-8H2,(H,17,18)(H,19,20). The van der Waals surface area contributed by atoms with Gasteiger partial charge in [0.15, 0.2) is 0 Å². The van der Waals surface area contributed by atoms with Gasteiger partial charge in [0.1, 0.15) is 0 Å². The summed E-state index contributed by atoms with van der Waals surface area (Å²) in [6, 6.07) is -0.129. The SMILES string of the molecule is O=C(CC1CCCNC1)NC1C2CCC(C2)C1C(=O)O. The van der Waals surface area contributed by atoms with Gasteiger partial charge in [0.2, 0.25) is 5.91 Å². The fourth-order valence-corrected chi connectivity index (χ4v) is 4.46. The van der Waals surface area contributed by atoms with Gasteiger partial charge in [-0.2, -0.15) is 0 Å². The number of carboxylic acid groups (broad SMARTS) is 1. The number of aliphatic carboxylic acids is 1. The molecule has 5 heteroatoms. The molecule has 112 valence electrons. The van der Waals surface area contributed by atoms with Gasteiger partial charge in [-0.25, -0.2) is 0 Å². The number of hydrogen-bond donors (Lipinski definition) is 3. The fraction of sp³-hybridized carbons (Fsp3) is 0.867. The molecule has 2 aliphatic carbocycles. The molecule has 3 aliphatic rings. The van der Waals surface area contributed by atoms with Gasteiger partial charge in [0.25, 0.3) is 0 Å². The van der Waals surface area contributed by atoms with Crippen LogP contribution in [0.3, 0.4) is 0 Å². The Balaban J connectivity index is 1.56. The average Bonchev–Trinajstić information content (AvgIpc) is 3.00. The van der Waals surface area contributed by atoms with Crippen molar-refractivity contribution in [3.63, 3.8) is 0 Å². The van der Waals surface area contributed by atoms with Crippen molar-refractivity contribution in [3.8, 4) is 0 Å². The number of carbonyl (C=O) groups excluding carboxylic acids is 1. The van der Waals surface area contributed by atoms with Crippen LogP contribution in [0.5, 0.6) is 0 Å². The highest BCUT2D eigenvalue weighted by atomic mass is 16.4. The maximum atomic E-state index is 12.2. The summed E-state index contributed by atoms with van der Waals surface area (Å²) in [7, 11) is 0. The van der Waals surface area contributed by atoms with E-state index in [1.165, 1.54) is 0 Å². The first kappa shape index (κ1) is 13.9. The Morgan fingerprint density at radius 1 is 1.20 bits per heavy atom. The van der Waals surface area contributed by atoms with E-state index in [4.69, 9.17) is 0 Å². The third kappa shape index (κ3) is 2.68. The van der Waals surface area contributed by atoms with Gasteiger partial charge in [-0.1, -0.05) is 0 Å². The van der Waals surface area contributed by atoms with Gasteiger partial charge in [0.05, 0.1) is 5.92 Å². The van der Waals surface area contributed by atoms with Crippen LogP contribution in [0.2, 0.25) is 0 Å². The number of amides is 1. The van der Waals surface area contributed by atoms with E-state index in [-0.39, 0.29) is 23.8 Å². The summed E-state index contributed by atoms with van der Waals surface area (Å²) in [6.45, 7) is 1.96. The summed E-state index contributed by atoms with van der Waals surface area (Å²) in [4.78, 5) is 23.6. The number of fused-ring (bicyclic) bond motifs is 2. The van der Waals surface area contributed by atoms with Crippen molar-refractivity contribution in [2.45, 2.75) is 44.6 Å². The van der Waals surface area contributed by atoms with E-state index in [9.17, 15) is 14.7 Å². The lowest BCUT2D eigenvalue weighted by molar-refractivity contribution is -0.144. The Morgan fingerprint density at radius 3 is 2.70 bits per heavy atom. The third-order valence-electron chi connectivity index (χ3n) is 5.40. The molecule has 1 heterocycles. The monoisotopic (exact) mass is 280 g/mol. The van der Waals surface area contributed by atoms with E-state index in [0.29, 0.717) is 18.3 Å². The topological polar surface area (TPSA) is 78.4 Å². The highest BCUT2D eigenvalue weighted by Crippen LogP contribution is 2.48. The minimum atomic E-state index is -0.734. The Morgan fingerprint density at radius 2 is 2.00 bits per heavy atom. The van der Waals surface area contributed by atoms with E-state index in [0.717, 1.165) is 45.2 Å². The fourth-order valence-electron chi connectivity index (χ4n) is 4.46. The van der Waals surface area contributed by atoms with Crippen molar-refractivity contribution in [1.29, 1.82) is 0 Å². The van der Waals surface area contributed by atoms with E-state index in [1.807, 2.05) is 0 Å². The van der Waals surface area contributed by atoms with Crippen molar-refractivity contribution < 1.29 is 14.7 Å². The molecular weight excluding hydrogens is 256 g/mol. The molecule has 0 aromatic carbocycles. The zero-order valence-corrected chi connectivity index (χ0v) is 11.8. The summed E-state index contributed by atoms with van der Waals surface area (Å²) in [5.41, 5.74) is 0. The molecule has 1 saturated heterocycles. The molecule has 3 rings (SSSR count). The average molecular weight is 280 g/mol. The Bertz CT molecular complexity index is 393. The maximum absolute atomic E-state index is 12.2. The number of piperidine rings is 1. The minimum Gasteiger partial charge on any atom is -0.481 e. The lowest BCUT2D eigenvalue weighted by atomic mass is 9.84. The van der Waals surface area contributed by atoms with Crippen LogP contribution < -0.4 is 10.6 Å². The van der Waals surface area contributed by atoms with Crippen LogP contribution in [-0.4, -0.2) is 36.1 Å². The van der Waals surface area contributed by atoms with Crippen molar-refractivity contribution in [3.05, 3.63) is 0 Å². The molecule has 3 fully saturated rings.